The highest BCUT2D eigenvalue weighted by molar-refractivity contribution is 7.93. The Hall–Kier alpha value is -3.91. The molecule has 0 aliphatic heterocycles. The van der Waals surface area contributed by atoms with Crippen molar-refractivity contribution in [1.82, 2.24) is 0 Å². The predicted octanol–water partition coefficient (Wildman–Crippen LogP) is 3.05. The number of aromatic hydroxyl groups is 1. The molecule has 0 heterocycles. The van der Waals surface area contributed by atoms with Crippen LogP contribution in [0, 0.1) is 15.9 Å². The number of halogens is 1. The van der Waals surface area contributed by atoms with Crippen molar-refractivity contribution in [3.8, 4) is 11.5 Å². The van der Waals surface area contributed by atoms with Crippen molar-refractivity contribution in [3.63, 3.8) is 0 Å². The van der Waals surface area contributed by atoms with Crippen LogP contribution in [0.2, 0.25) is 0 Å². The number of phenolic OH excluding ortho intramolecular Hbond substituents is 1. The van der Waals surface area contributed by atoms with E-state index in [9.17, 15) is 36.4 Å². The van der Waals surface area contributed by atoms with Gasteiger partial charge in [0.15, 0.2) is 5.75 Å². The Labute approximate surface area is 187 Å². The van der Waals surface area contributed by atoms with Gasteiger partial charge in [-0.2, -0.15) is 0 Å². The van der Waals surface area contributed by atoms with Gasteiger partial charge in [-0.3, -0.25) is 19.6 Å². The summed E-state index contributed by atoms with van der Waals surface area (Å²) in [5.41, 5.74) is -1.03. The number of nitro benzene ring substituents is 1. The zero-order chi connectivity index (χ0) is 24.4. The lowest BCUT2D eigenvalue weighted by atomic mass is 10.2. The summed E-state index contributed by atoms with van der Waals surface area (Å²) in [5.74, 6) is -1.28. The van der Waals surface area contributed by atoms with E-state index >= 15 is 0 Å². The Kier molecular flexibility index (Phi) is 6.41. The van der Waals surface area contributed by atoms with Crippen LogP contribution >= 0.6 is 0 Å². The van der Waals surface area contributed by atoms with E-state index in [0.29, 0.717) is 6.07 Å². The highest BCUT2D eigenvalue weighted by atomic mass is 32.2. The van der Waals surface area contributed by atoms with Crippen molar-refractivity contribution < 1.29 is 36.0 Å². The van der Waals surface area contributed by atoms with Crippen molar-refractivity contribution in [2.75, 3.05) is 16.6 Å². The molecule has 11 nitrogen and oxygen atoms in total. The molecule has 0 unspecified atom stereocenters. The average molecular weight is 497 g/mol. The largest absolute Gasteiger partial charge is 0.502 e. The van der Waals surface area contributed by atoms with Gasteiger partial charge in [-0.25, -0.2) is 21.2 Å². The fourth-order valence-corrected chi connectivity index (χ4v) is 4.83. The molecule has 0 fully saturated rings. The SMILES string of the molecule is COc1ccc(NS(=O)(=O)c2ccc(O)c([N+](=O)[O-])c2)cc1NS(=O)(=O)c1ccc(F)cc1. The zero-order valence-electron chi connectivity index (χ0n) is 16.7. The first kappa shape index (κ1) is 23.7. The molecule has 0 saturated heterocycles. The van der Waals surface area contributed by atoms with Gasteiger partial charge in [-0.1, -0.05) is 0 Å². The smallest absolute Gasteiger partial charge is 0.312 e. The van der Waals surface area contributed by atoms with Gasteiger partial charge < -0.3 is 9.84 Å². The Morgan fingerprint density at radius 3 is 2.12 bits per heavy atom. The molecule has 174 valence electrons. The number of hydrogen-bond donors (Lipinski definition) is 3. The normalized spacial score (nSPS) is 11.6. The number of sulfonamides is 2. The number of phenols is 1. The molecule has 14 heteroatoms. The number of methoxy groups -OCH3 is 1. The highest BCUT2D eigenvalue weighted by Gasteiger charge is 2.22. The fraction of sp³-hybridized carbons (Fsp3) is 0.0526. The van der Waals surface area contributed by atoms with E-state index in [-0.39, 0.29) is 22.0 Å². The van der Waals surface area contributed by atoms with E-state index in [1.54, 1.807) is 0 Å². The first-order valence-electron chi connectivity index (χ1n) is 8.89. The van der Waals surface area contributed by atoms with Crippen LogP contribution in [0.15, 0.2) is 70.5 Å². The third-order valence-corrected chi connectivity index (χ3v) is 7.03. The monoisotopic (exact) mass is 497 g/mol. The van der Waals surface area contributed by atoms with Crippen LogP contribution in [-0.4, -0.2) is 34.0 Å². The first-order valence-corrected chi connectivity index (χ1v) is 11.9. The maximum atomic E-state index is 13.1. The molecular formula is C19H16FN3O8S2. The summed E-state index contributed by atoms with van der Waals surface area (Å²) in [4.78, 5) is 9.29. The minimum Gasteiger partial charge on any atom is -0.502 e. The van der Waals surface area contributed by atoms with Gasteiger partial charge in [0.25, 0.3) is 20.0 Å². The van der Waals surface area contributed by atoms with E-state index in [0.717, 1.165) is 42.5 Å². The fourth-order valence-electron chi connectivity index (χ4n) is 2.70. The number of nitro groups is 1. The van der Waals surface area contributed by atoms with Crippen LogP contribution in [0.5, 0.6) is 11.5 Å². The number of rotatable bonds is 8. The summed E-state index contributed by atoms with van der Waals surface area (Å²) in [5, 5.41) is 20.5. The molecule has 0 aromatic heterocycles. The molecule has 3 N–H and O–H groups in total. The van der Waals surface area contributed by atoms with Gasteiger partial charge in [0, 0.05) is 6.07 Å². The van der Waals surface area contributed by atoms with Gasteiger partial charge in [0.2, 0.25) is 0 Å². The summed E-state index contributed by atoms with van der Waals surface area (Å²) in [6.07, 6.45) is 0. The van der Waals surface area contributed by atoms with Crippen LogP contribution in [0.4, 0.5) is 21.5 Å². The van der Waals surface area contributed by atoms with E-state index in [2.05, 4.69) is 9.44 Å². The number of anilines is 2. The first-order chi connectivity index (χ1) is 15.4. The lowest BCUT2D eigenvalue weighted by molar-refractivity contribution is -0.386. The van der Waals surface area contributed by atoms with Gasteiger partial charge in [0.1, 0.15) is 11.6 Å². The molecule has 0 spiro atoms. The Bertz CT molecular complexity index is 1430. The Morgan fingerprint density at radius 1 is 0.909 bits per heavy atom. The molecule has 3 aromatic carbocycles. The standard InChI is InChI=1S/C19H16FN3O8S2/c1-31-19-9-4-13(10-16(19)22-32(27,28)14-5-2-12(20)3-6-14)21-33(29,30)15-7-8-18(24)17(11-15)23(25)26/h2-11,21-22,24H,1H3. The van der Waals surface area contributed by atoms with Gasteiger partial charge >= 0.3 is 5.69 Å². The minimum absolute atomic E-state index is 0.0592. The summed E-state index contributed by atoms with van der Waals surface area (Å²) >= 11 is 0. The molecule has 0 aliphatic rings. The minimum atomic E-state index is -4.35. The van der Waals surface area contributed by atoms with Crippen LogP contribution < -0.4 is 14.2 Å². The molecule has 0 atom stereocenters. The molecule has 0 saturated carbocycles. The van der Waals surface area contributed by atoms with E-state index in [1.165, 1.54) is 19.2 Å². The zero-order valence-corrected chi connectivity index (χ0v) is 18.4. The molecule has 33 heavy (non-hydrogen) atoms. The van der Waals surface area contributed by atoms with Crippen molar-refractivity contribution in [2.45, 2.75) is 9.79 Å². The average Bonchev–Trinajstić information content (AvgIpc) is 2.73. The van der Waals surface area contributed by atoms with E-state index in [1.807, 2.05) is 0 Å². The maximum absolute atomic E-state index is 13.1. The van der Waals surface area contributed by atoms with Crippen molar-refractivity contribution in [3.05, 3.63) is 76.6 Å². The van der Waals surface area contributed by atoms with Crippen LogP contribution in [0.25, 0.3) is 0 Å². The second-order valence-electron chi connectivity index (χ2n) is 6.49. The number of nitrogens with zero attached hydrogens (tertiary/aromatic N) is 1. The second-order valence-corrected chi connectivity index (χ2v) is 9.85. The van der Waals surface area contributed by atoms with Crippen LogP contribution in [0.1, 0.15) is 0 Å². The topological polar surface area (TPSA) is 165 Å². The van der Waals surface area contributed by atoms with Crippen LogP contribution in [0.3, 0.4) is 0 Å². The highest BCUT2D eigenvalue weighted by Crippen LogP contribution is 2.32. The van der Waals surface area contributed by atoms with E-state index in [4.69, 9.17) is 4.74 Å². The molecule has 3 aromatic rings. The third-order valence-electron chi connectivity index (χ3n) is 4.27. The summed E-state index contributed by atoms with van der Waals surface area (Å²) in [7, 11) is -7.25. The Balaban J connectivity index is 1.94. The second kappa shape index (κ2) is 8.91. The van der Waals surface area contributed by atoms with Crippen molar-refractivity contribution in [1.29, 1.82) is 0 Å². The third kappa shape index (κ3) is 5.30. The molecule has 0 aliphatic carbocycles. The molecule has 3 rings (SSSR count). The molecule has 0 amide bonds. The summed E-state index contributed by atoms with van der Waals surface area (Å²) in [6.45, 7) is 0. The maximum Gasteiger partial charge on any atom is 0.312 e. The van der Waals surface area contributed by atoms with Gasteiger partial charge in [-0.15, -0.1) is 0 Å². The number of hydrogen-bond acceptors (Lipinski definition) is 8. The summed E-state index contributed by atoms with van der Waals surface area (Å²) in [6, 6.07) is 10.2. The number of nitrogens with one attached hydrogen (secondary N) is 2. The van der Waals surface area contributed by atoms with Crippen molar-refractivity contribution in [2.24, 2.45) is 0 Å². The van der Waals surface area contributed by atoms with Crippen molar-refractivity contribution >= 4 is 37.1 Å². The Morgan fingerprint density at radius 2 is 1.52 bits per heavy atom. The van der Waals surface area contributed by atoms with Gasteiger partial charge in [-0.05, 0) is 54.6 Å². The quantitative estimate of drug-likeness (QED) is 0.315. The lowest BCUT2D eigenvalue weighted by Gasteiger charge is -2.14. The summed E-state index contributed by atoms with van der Waals surface area (Å²) < 4.78 is 73.2. The number of ether oxygens (including phenoxy) is 1. The van der Waals surface area contributed by atoms with Gasteiger partial charge in [0.05, 0.1) is 33.2 Å². The molecule has 0 radical (unpaired) electrons. The predicted molar refractivity (Wildman–Crippen MR) is 116 cm³/mol. The van der Waals surface area contributed by atoms with E-state index < -0.39 is 47.1 Å². The lowest BCUT2D eigenvalue weighted by Crippen LogP contribution is -2.15. The molecular weight excluding hydrogens is 481 g/mol. The number of benzene rings is 3. The van der Waals surface area contributed by atoms with Crippen LogP contribution in [-0.2, 0) is 20.0 Å². The molecule has 0 bridgehead atoms.